The number of carbonyl (C=O) groups excluding carboxylic acids is 2. The number of benzene rings is 1. The molecule has 144 valence electrons. The van der Waals surface area contributed by atoms with Gasteiger partial charge in [0.15, 0.2) is 0 Å². The smallest absolute Gasteiger partial charge is 0.411 e. The number of ether oxygens (including phenoxy) is 1. The molecule has 0 spiro atoms. The Morgan fingerprint density at radius 3 is 2.41 bits per heavy atom. The van der Waals surface area contributed by atoms with Gasteiger partial charge in [0.25, 0.3) is 0 Å². The minimum atomic E-state index is -4.50. The molecule has 2 rings (SSSR count). The van der Waals surface area contributed by atoms with Crippen molar-refractivity contribution in [2.24, 2.45) is 0 Å². The van der Waals surface area contributed by atoms with Gasteiger partial charge in [-0.3, -0.25) is 5.32 Å². The average Bonchev–Trinajstić information content (AvgIpc) is 2.53. The lowest BCUT2D eigenvalue weighted by Gasteiger charge is -2.10. The Morgan fingerprint density at radius 1 is 1.11 bits per heavy atom. The van der Waals surface area contributed by atoms with Crippen molar-refractivity contribution in [1.82, 2.24) is 14.7 Å². The van der Waals surface area contributed by atoms with Gasteiger partial charge in [-0.2, -0.15) is 8.42 Å². The van der Waals surface area contributed by atoms with Gasteiger partial charge < -0.3 is 8.92 Å². The summed E-state index contributed by atoms with van der Waals surface area (Å²) in [5.41, 5.74) is 1.32. The normalized spacial score (nSPS) is 10.8. The van der Waals surface area contributed by atoms with E-state index in [2.05, 4.69) is 15.3 Å². The molecule has 0 aliphatic heterocycles. The van der Waals surface area contributed by atoms with E-state index in [4.69, 9.17) is 8.92 Å². The second-order valence-corrected chi connectivity index (χ2v) is 6.60. The Morgan fingerprint density at radius 2 is 1.78 bits per heavy atom. The molecular formula is C16H18N4O6S. The quantitative estimate of drug-likeness (QED) is 0.707. The Labute approximate surface area is 156 Å². The number of anilines is 1. The molecule has 0 fully saturated rings. The lowest BCUT2D eigenvalue weighted by molar-refractivity contribution is 0.0526. The van der Waals surface area contributed by atoms with Gasteiger partial charge in [0.05, 0.1) is 12.2 Å². The maximum atomic E-state index is 12.0. The van der Waals surface area contributed by atoms with Crippen LogP contribution in [0.3, 0.4) is 0 Å². The molecule has 0 saturated carbocycles. The van der Waals surface area contributed by atoms with Crippen LogP contribution in [0.5, 0.6) is 5.75 Å². The van der Waals surface area contributed by atoms with Crippen LogP contribution in [-0.2, 0) is 15.0 Å². The summed E-state index contributed by atoms with van der Waals surface area (Å²) in [4.78, 5) is 31.5. The van der Waals surface area contributed by atoms with Crippen LogP contribution in [0.2, 0.25) is 0 Å². The van der Waals surface area contributed by atoms with Crippen molar-refractivity contribution in [3.63, 3.8) is 0 Å². The average molecular weight is 394 g/mol. The second kappa shape index (κ2) is 8.45. The Balaban J connectivity index is 2.05. The highest BCUT2D eigenvalue weighted by atomic mass is 32.2. The van der Waals surface area contributed by atoms with Gasteiger partial charge in [0.1, 0.15) is 5.75 Å². The van der Waals surface area contributed by atoms with Gasteiger partial charge in [0.2, 0.25) is 5.95 Å². The number of aromatic nitrogens is 2. The zero-order chi connectivity index (χ0) is 20.0. The highest BCUT2D eigenvalue weighted by molar-refractivity contribution is 7.85. The van der Waals surface area contributed by atoms with Crippen molar-refractivity contribution in [3.8, 4) is 5.75 Å². The second-order valence-electron chi connectivity index (χ2n) is 5.32. The molecule has 0 aliphatic rings. The molecule has 2 amide bonds. The Kier molecular flexibility index (Phi) is 6.29. The topological polar surface area (TPSA) is 137 Å². The number of rotatable bonds is 6. The summed E-state index contributed by atoms with van der Waals surface area (Å²) in [5.74, 6) is -0.842. The number of esters is 1. The minimum Gasteiger partial charge on any atom is -0.462 e. The van der Waals surface area contributed by atoms with Crippen LogP contribution in [0.1, 0.15) is 28.7 Å². The molecule has 0 aliphatic carbocycles. The van der Waals surface area contributed by atoms with E-state index < -0.39 is 22.3 Å². The number of nitrogens with one attached hydrogen (secondary N) is 2. The molecule has 0 radical (unpaired) electrons. The van der Waals surface area contributed by atoms with Gasteiger partial charge in [-0.05, 0) is 45.0 Å². The Hall–Kier alpha value is -3.21. The van der Waals surface area contributed by atoms with E-state index in [-0.39, 0.29) is 23.9 Å². The number of carbonyl (C=O) groups is 2. The fraction of sp³-hybridized carbons (Fsp3) is 0.250. The summed E-state index contributed by atoms with van der Waals surface area (Å²) < 4.78 is 35.3. The van der Waals surface area contributed by atoms with Gasteiger partial charge >= 0.3 is 22.3 Å². The number of hydrogen-bond acceptors (Lipinski definition) is 8. The van der Waals surface area contributed by atoms with Crippen LogP contribution in [0.25, 0.3) is 0 Å². The van der Waals surface area contributed by atoms with Crippen LogP contribution < -0.4 is 14.2 Å². The number of nitrogens with zero attached hydrogens (tertiary/aromatic N) is 2. The van der Waals surface area contributed by atoms with Crippen LogP contribution >= 0.6 is 0 Å². The summed E-state index contributed by atoms with van der Waals surface area (Å²) >= 11 is 0. The first kappa shape index (κ1) is 20.1. The van der Waals surface area contributed by atoms with Crippen LogP contribution in [0, 0.1) is 13.8 Å². The molecule has 1 heterocycles. The zero-order valence-electron chi connectivity index (χ0n) is 14.8. The van der Waals surface area contributed by atoms with E-state index in [1.807, 2.05) is 0 Å². The highest BCUT2D eigenvalue weighted by Crippen LogP contribution is 2.16. The highest BCUT2D eigenvalue weighted by Gasteiger charge is 2.19. The van der Waals surface area contributed by atoms with Gasteiger partial charge in [-0.25, -0.2) is 24.3 Å². The lowest BCUT2D eigenvalue weighted by atomic mass is 10.2. The van der Waals surface area contributed by atoms with Crippen molar-refractivity contribution in [2.45, 2.75) is 20.8 Å². The number of hydrogen-bond donors (Lipinski definition) is 2. The molecule has 11 heteroatoms. The van der Waals surface area contributed by atoms with E-state index in [1.165, 1.54) is 24.3 Å². The summed E-state index contributed by atoms with van der Waals surface area (Å²) in [5, 5.41) is 2.21. The predicted octanol–water partition coefficient (Wildman–Crippen LogP) is 1.72. The van der Waals surface area contributed by atoms with Crippen molar-refractivity contribution < 1.29 is 26.9 Å². The van der Waals surface area contributed by atoms with Crippen molar-refractivity contribution >= 4 is 28.3 Å². The van der Waals surface area contributed by atoms with Crippen LogP contribution in [0.4, 0.5) is 10.7 Å². The molecule has 1 aromatic heterocycles. The molecule has 10 nitrogen and oxygen atoms in total. The summed E-state index contributed by atoms with van der Waals surface area (Å²) in [6.07, 6.45) is 0. The SMILES string of the molecule is CCOC(=O)c1cccc(OS(=O)(=O)NC(=O)Nc2nc(C)cc(C)n2)c1. The van der Waals surface area contributed by atoms with Gasteiger partial charge in [-0.15, -0.1) is 0 Å². The maximum absolute atomic E-state index is 12.0. The standard InChI is InChI=1S/C16H18N4O6S/c1-4-25-14(21)12-6-5-7-13(9-12)26-27(23,24)20-16(22)19-15-17-10(2)8-11(3)18-15/h5-9H,4H2,1-3H3,(H2,17,18,19,20,22). The van der Waals surface area contributed by atoms with Crippen LogP contribution in [0.15, 0.2) is 30.3 Å². The third-order valence-corrected chi connectivity index (χ3v) is 3.82. The molecule has 2 aromatic rings. The van der Waals surface area contributed by atoms with Crippen LogP contribution in [-0.4, -0.2) is 37.0 Å². The molecular weight excluding hydrogens is 376 g/mol. The molecule has 27 heavy (non-hydrogen) atoms. The number of aryl methyl sites for hydroxylation is 2. The molecule has 1 aromatic carbocycles. The molecule has 0 bridgehead atoms. The third-order valence-electron chi connectivity index (χ3n) is 2.98. The van der Waals surface area contributed by atoms with Crippen molar-refractivity contribution in [3.05, 3.63) is 47.3 Å². The fourth-order valence-electron chi connectivity index (χ4n) is 2.06. The largest absolute Gasteiger partial charge is 0.462 e. The third kappa shape index (κ3) is 6.22. The maximum Gasteiger partial charge on any atom is 0.411 e. The summed E-state index contributed by atoms with van der Waals surface area (Å²) in [6.45, 7) is 5.22. The van der Waals surface area contributed by atoms with Gasteiger partial charge in [0, 0.05) is 11.4 Å². The summed E-state index contributed by atoms with van der Waals surface area (Å²) in [7, 11) is -4.50. The van der Waals surface area contributed by atoms with Crippen molar-refractivity contribution in [1.29, 1.82) is 0 Å². The molecule has 0 unspecified atom stereocenters. The minimum absolute atomic E-state index is 0.0514. The van der Waals surface area contributed by atoms with E-state index in [0.717, 1.165) is 0 Å². The molecule has 0 saturated heterocycles. The van der Waals surface area contributed by atoms with E-state index in [0.29, 0.717) is 11.4 Å². The summed E-state index contributed by atoms with van der Waals surface area (Å²) in [6, 6.07) is 5.95. The predicted molar refractivity (Wildman–Crippen MR) is 95.6 cm³/mol. The molecule has 2 N–H and O–H groups in total. The lowest BCUT2D eigenvalue weighted by Crippen LogP contribution is -2.37. The van der Waals surface area contributed by atoms with E-state index >= 15 is 0 Å². The number of amides is 2. The first-order chi connectivity index (χ1) is 12.7. The monoisotopic (exact) mass is 394 g/mol. The Bertz CT molecular complexity index is 941. The molecule has 0 atom stereocenters. The van der Waals surface area contributed by atoms with Crippen molar-refractivity contribution in [2.75, 3.05) is 11.9 Å². The van der Waals surface area contributed by atoms with E-state index in [1.54, 1.807) is 31.6 Å². The van der Waals surface area contributed by atoms with Gasteiger partial charge in [-0.1, -0.05) is 6.07 Å². The zero-order valence-corrected chi connectivity index (χ0v) is 15.7. The first-order valence-electron chi connectivity index (χ1n) is 7.81. The van der Waals surface area contributed by atoms with E-state index in [9.17, 15) is 18.0 Å². The fourth-order valence-corrected chi connectivity index (χ4v) is 2.74. The first-order valence-corrected chi connectivity index (χ1v) is 9.22. The number of urea groups is 1.